The van der Waals surface area contributed by atoms with Gasteiger partial charge in [0.25, 0.3) is 0 Å². The first-order valence-electron chi connectivity index (χ1n) is 36.6. The first-order valence-corrected chi connectivity index (χ1v) is 36.6. The molecule has 2 atom stereocenters. The molecule has 0 aliphatic heterocycles. The summed E-state index contributed by atoms with van der Waals surface area (Å²) in [7, 11) is 0. The Balaban J connectivity index is 3.40. The third-order valence-electron chi connectivity index (χ3n) is 17.2. The van der Waals surface area contributed by atoms with E-state index in [2.05, 4.69) is 31.3 Å². The van der Waals surface area contributed by atoms with Crippen LogP contribution >= 0.6 is 0 Å². The van der Waals surface area contributed by atoms with Gasteiger partial charge >= 0.3 is 5.97 Å². The molecule has 0 aliphatic rings. The van der Waals surface area contributed by atoms with Crippen molar-refractivity contribution < 1.29 is 24.5 Å². The molecule has 80 heavy (non-hydrogen) atoms. The molecular weight excluding hydrogens is 983 g/mol. The molecule has 0 aliphatic carbocycles. The van der Waals surface area contributed by atoms with Crippen molar-refractivity contribution in [3.8, 4) is 0 Å². The van der Waals surface area contributed by atoms with E-state index in [1.54, 1.807) is 6.08 Å². The van der Waals surface area contributed by atoms with Crippen LogP contribution in [-0.2, 0) is 14.3 Å². The minimum atomic E-state index is -0.846. The molecule has 0 bridgehead atoms. The van der Waals surface area contributed by atoms with Crippen molar-refractivity contribution in [1.82, 2.24) is 5.32 Å². The second-order valence-corrected chi connectivity index (χ2v) is 25.3. The number of allylic oxidation sites excluding steroid dienone is 3. The number of ether oxygens (including phenoxy) is 1. The first-order chi connectivity index (χ1) is 39.5. The van der Waals surface area contributed by atoms with Gasteiger partial charge in [-0.2, -0.15) is 0 Å². The number of hydrogen-bond donors (Lipinski definition) is 3. The lowest BCUT2D eigenvalue weighted by Gasteiger charge is -2.20. The molecule has 0 saturated carbocycles. The van der Waals surface area contributed by atoms with Crippen molar-refractivity contribution in [2.24, 2.45) is 0 Å². The maximum Gasteiger partial charge on any atom is 0.305 e. The molecule has 0 saturated heterocycles. The Morgan fingerprint density at radius 2 is 0.588 bits per heavy atom. The molecule has 0 aromatic heterocycles. The number of carbonyl (C=O) groups is 2. The molecule has 0 fully saturated rings. The van der Waals surface area contributed by atoms with Gasteiger partial charge in [0.05, 0.1) is 25.4 Å². The molecule has 2 unspecified atom stereocenters. The topological polar surface area (TPSA) is 95.9 Å². The Hall–Kier alpha value is -1.66. The second-order valence-electron chi connectivity index (χ2n) is 25.3. The zero-order chi connectivity index (χ0) is 57.8. The standard InChI is InChI=1S/C74H143NO5/c1-3-5-7-9-11-13-15-17-19-21-22-23-24-26-29-32-35-38-42-46-50-54-58-62-66-72(77)71(70-76)75-73(78)67-63-59-55-51-47-43-39-36-33-30-27-25-28-31-34-37-41-45-49-53-57-61-65-69-80-74(79)68-64-60-56-52-48-44-40-20-18-16-14-12-10-8-6-4-2/h20,40,62,66,71-72,76-77H,3-19,21-39,41-61,63-65,67-70H2,1-2H3,(H,75,78)/b40-20-,66-62+. The highest BCUT2D eigenvalue weighted by atomic mass is 16.5. The van der Waals surface area contributed by atoms with Crippen LogP contribution < -0.4 is 5.32 Å². The summed E-state index contributed by atoms with van der Waals surface area (Å²) in [6.45, 7) is 4.94. The highest BCUT2D eigenvalue weighted by molar-refractivity contribution is 5.76. The number of carbonyl (C=O) groups excluding carboxylic acids is 2. The minimum Gasteiger partial charge on any atom is -0.466 e. The lowest BCUT2D eigenvalue weighted by Crippen LogP contribution is -2.45. The van der Waals surface area contributed by atoms with E-state index in [1.807, 2.05) is 6.08 Å². The van der Waals surface area contributed by atoms with E-state index in [1.165, 1.54) is 340 Å². The third-order valence-corrected chi connectivity index (χ3v) is 17.2. The maximum atomic E-state index is 12.5. The highest BCUT2D eigenvalue weighted by Gasteiger charge is 2.18. The summed E-state index contributed by atoms with van der Waals surface area (Å²) >= 11 is 0. The van der Waals surface area contributed by atoms with Crippen LogP contribution in [0.15, 0.2) is 24.3 Å². The van der Waals surface area contributed by atoms with E-state index >= 15 is 0 Å². The number of esters is 1. The van der Waals surface area contributed by atoms with Crippen LogP contribution in [-0.4, -0.2) is 47.4 Å². The van der Waals surface area contributed by atoms with Gasteiger partial charge in [0.2, 0.25) is 5.91 Å². The van der Waals surface area contributed by atoms with Gasteiger partial charge in [0.15, 0.2) is 0 Å². The van der Waals surface area contributed by atoms with Gasteiger partial charge in [0, 0.05) is 12.8 Å². The quantitative estimate of drug-likeness (QED) is 0.0320. The fourth-order valence-electron chi connectivity index (χ4n) is 11.6. The molecule has 6 nitrogen and oxygen atoms in total. The van der Waals surface area contributed by atoms with Crippen molar-refractivity contribution in [3.63, 3.8) is 0 Å². The summed E-state index contributed by atoms with van der Waals surface area (Å²) in [4.78, 5) is 24.6. The third kappa shape index (κ3) is 65.5. The predicted molar refractivity (Wildman–Crippen MR) is 352 cm³/mol. The lowest BCUT2D eigenvalue weighted by molar-refractivity contribution is -0.143. The largest absolute Gasteiger partial charge is 0.466 e. The summed E-state index contributed by atoms with van der Waals surface area (Å²) in [6.07, 6.45) is 88.3. The van der Waals surface area contributed by atoms with E-state index in [0.29, 0.717) is 19.4 Å². The highest BCUT2D eigenvalue weighted by Crippen LogP contribution is 2.19. The summed E-state index contributed by atoms with van der Waals surface area (Å²) in [5.74, 6) is -0.0552. The van der Waals surface area contributed by atoms with E-state index < -0.39 is 12.1 Å². The van der Waals surface area contributed by atoms with Gasteiger partial charge in [0.1, 0.15) is 0 Å². The zero-order valence-corrected chi connectivity index (χ0v) is 54.3. The Morgan fingerprint density at radius 3 is 0.887 bits per heavy atom. The Kier molecular flexibility index (Phi) is 68.4. The number of aliphatic hydroxyl groups excluding tert-OH is 2. The van der Waals surface area contributed by atoms with E-state index in [9.17, 15) is 19.8 Å². The lowest BCUT2D eigenvalue weighted by atomic mass is 10.0. The van der Waals surface area contributed by atoms with Gasteiger partial charge in [-0.3, -0.25) is 9.59 Å². The number of amides is 1. The zero-order valence-electron chi connectivity index (χ0n) is 54.3. The SMILES string of the molecule is CCCCCCCCC/C=C\CCCCCCCC(=O)OCCCCCCCCCCCCCCCCCCCCCCCCCC(=O)NC(CO)C(O)/C=C/CCCCCCCCCCCCCCCCCCCCCCCC. The van der Waals surface area contributed by atoms with Gasteiger partial charge < -0.3 is 20.3 Å². The van der Waals surface area contributed by atoms with E-state index in [4.69, 9.17) is 4.74 Å². The van der Waals surface area contributed by atoms with Gasteiger partial charge in [-0.25, -0.2) is 0 Å². The molecule has 0 radical (unpaired) electrons. The van der Waals surface area contributed by atoms with Gasteiger partial charge in [-0.05, 0) is 57.8 Å². The molecule has 0 rings (SSSR count). The number of unbranched alkanes of at least 4 members (excludes halogenated alkanes) is 56. The first kappa shape index (κ1) is 78.3. The molecule has 0 aromatic carbocycles. The monoisotopic (exact) mass is 1130 g/mol. The average Bonchev–Trinajstić information content (AvgIpc) is 3.46. The normalized spacial score (nSPS) is 12.6. The Bertz CT molecular complexity index is 1250. The Morgan fingerprint density at radius 1 is 0.338 bits per heavy atom. The summed E-state index contributed by atoms with van der Waals surface area (Å²) < 4.78 is 5.50. The molecular formula is C74H143NO5. The molecule has 6 heteroatoms. The molecule has 3 N–H and O–H groups in total. The summed E-state index contributed by atoms with van der Waals surface area (Å²) in [6, 6.07) is -0.629. The smallest absolute Gasteiger partial charge is 0.305 e. The van der Waals surface area contributed by atoms with Crippen molar-refractivity contribution in [2.45, 2.75) is 424 Å². The number of rotatable bonds is 69. The van der Waals surface area contributed by atoms with Gasteiger partial charge in [-0.1, -0.05) is 366 Å². The number of aliphatic hydroxyl groups is 2. The van der Waals surface area contributed by atoms with Crippen LogP contribution in [0.25, 0.3) is 0 Å². The van der Waals surface area contributed by atoms with E-state index in [-0.39, 0.29) is 18.5 Å². The predicted octanol–water partition coefficient (Wildman–Crippen LogP) is 23.7. The summed E-state index contributed by atoms with van der Waals surface area (Å²) in [5.41, 5.74) is 0. The van der Waals surface area contributed by atoms with E-state index in [0.717, 1.165) is 44.9 Å². The van der Waals surface area contributed by atoms with Crippen molar-refractivity contribution >= 4 is 11.9 Å². The van der Waals surface area contributed by atoms with Crippen LogP contribution in [0.4, 0.5) is 0 Å². The van der Waals surface area contributed by atoms with Crippen molar-refractivity contribution in [2.75, 3.05) is 13.2 Å². The van der Waals surface area contributed by atoms with Crippen LogP contribution in [0, 0.1) is 0 Å². The van der Waals surface area contributed by atoms with Crippen molar-refractivity contribution in [1.29, 1.82) is 0 Å². The van der Waals surface area contributed by atoms with Crippen molar-refractivity contribution in [3.05, 3.63) is 24.3 Å². The van der Waals surface area contributed by atoms with Crippen LogP contribution in [0.3, 0.4) is 0 Å². The van der Waals surface area contributed by atoms with Crippen LogP contribution in [0.2, 0.25) is 0 Å². The van der Waals surface area contributed by atoms with Crippen LogP contribution in [0.5, 0.6) is 0 Å². The molecule has 1 amide bonds. The fourth-order valence-corrected chi connectivity index (χ4v) is 11.6. The average molecular weight is 1130 g/mol. The Labute approximate surface area is 501 Å². The number of hydrogen-bond acceptors (Lipinski definition) is 5. The maximum absolute atomic E-state index is 12.5. The second kappa shape index (κ2) is 69.8. The number of nitrogens with one attached hydrogen (secondary N) is 1. The van der Waals surface area contributed by atoms with Gasteiger partial charge in [-0.15, -0.1) is 0 Å². The molecule has 474 valence electrons. The molecule has 0 heterocycles. The molecule has 0 aromatic rings. The van der Waals surface area contributed by atoms with Crippen LogP contribution in [0.1, 0.15) is 412 Å². The fraction of sp³-hybridized carbons (Fsp3) is 0.919. The summed E-state index contributed by atoms with van der Waals surface area (Å²) in [5, 5.41) is 23.3. The molecule has 0 spiro atoms. The minimum absolute atomic E-state index is 0.00753.